The molecule has 0 bridgehead atoms. The first-order valence-electron chi connectivity index (χ1n) is 5.46. The Bertz CT molecular complexity index is 366. The van der Waals surface area contributed by atoms with E-state index < -0.39 is 0 Å². The summed E-state index contributed by atoms with van der Waals surface area (Å²) in [5, 5.41) is 9.02. The minimum atomic E-state index is -0.275. The van der Waals surface area contributed by atoms with Crippen molar-refractivity contribution >= 4 is 27.7 Å². The van der Waals surface area contributed by atoms with E-state index in [1.165, 1.54) is 23.5 Å². The van der Waals surface area contributed by atoms with Gasteiger partial charge in [0, 0.05) is 10.2 Å². The molecule has 16 heavy (non-hydrogen) atoms. The SMILES string of the molecule is NC(CO)c1ccc(C2CCSC2)c(Br)c1. The van der Waals surface area contributed by atoms with E-state index in [0.717, 1.165) is 10.0 Å². The summed E-state index contributed by atoms with van der Waals surface area (Å²) in [4.78, 5) is 0. The van der Waals surface area contributed by atoms with E-state index in [0.29, 0.717) is 5.92 Å². The van der Waals surface area contributed by atoms with Crippen LogP contribution in [0.3, 0.4) is 0 Å². The van der Waals surface area contributed by atoms with E-state index in [9.17, 15) is 0 Å². The summed E-state index contributed by atoms with van der Waals surface area (Å²) in [6, 6.07) is 5.94. The van der Waals surface area contributed by atoms with Crippen molar-refractivity contribution in [2.24, 2.45) is 5.73 Å². The topological polar surface area (TPSA) is 46.2 Å². The highest BCUT2D eigenvalue weighted by Crippen LogP contribution is 2.36. The summed E-state index contributed by atoms with van der Waals surface area (Å²) < 4.78 is 1.13. The van der Waals surface area contributed by atoms with Gasteiger partial charge in [0.25, 0.3) is 0 Å². The van der Waals surface area contributed by atoms with Gasteiger partial charge in [-0.1, -0.05) is 28.1 Å². The van der Waals surface area contributed by atoms with Gasteiger partial charge in [0.2, 0.25) is 0 Å². The average molecular weight is 302 g/mol. The average Bonchev–Trinajstić information content (AvgIpc) is 2.81. The molecule has 0 aromatic heterocycles. The third kappa shape index (κ3) is 2.62. The van der Waals surface area contributed by atoms with Crippen molar-refractivity contribution in [3.8, 4) is 0 Å². The Labute approximate surface area is 109 Å². The van der Waals surface area contributed by atoms with Gasteiger partial charge < -0.3 is 10.8 Å². The Morgan fingerprint density at radius 1 is 1.56 bits per heavy atom. The number of aliphatic hydroxyl groups is 1. The highest BCUT2D eigenvalue weighted by Gasteiger charge is 2.20. The fourth-order valence-corrected chi connectivity index (χ4v) is 3.96. The van der Waals surface area contributed by atoms with Gasteiger partial charge in [0.15, 0.2) is 0 Å². The van der Waals surface area contributed by atoms with Crippen LogP contribution in [0.4, 0.5) is 0 Å². The first-order valence-corrected chi connectivity index (χ1v) is 7.40. The Morgan fingerprint density at radius 2 is 2.38 bits per heavy atom. The van der Waals surface area contributed by atoms with Gasteiger partial charge in [-0.05, 0) is 35.3 Å². The lowest BCUT2D eigenvalue weighted by molar-refractivity contribution is 0.268. The molecule has 1 heterocycles. The number of thioether (sulfide) groups is 1. The van der Waals surface area contributed by atoms with Gasteiger partial charge in [-0.15, -0.1) is 0 Å². The molecule has 0 saturated carbocycles. The highest BCUT2D eigenvalue weighted by molar-refractivity contribution is 9.10. The molecule has 4 heteroatoms. The van der Waals surface area contributed by atoms with Crippen LogP contribution in [0, 0.1) is 0 Å². The van der Waals surface area contributed by atoms with E-state index >= 15 is 0 Å². The van der Waals surface area contributed by atoms with Crippen LogP contribution < -0.4 is 5.73 Å². The molecule has 0 spiro atoms. The summed E-state index contributed by atoms with van der Waals surface area (Å²) in [5.74, 6) is 3.14. The fourth-order valence-electron chi connectivity index (χ4n) is 1.99. The minimum absolute atomic E-state index is 0.00886. The maximum Gasteiger partial charge on any atom is 0.0624 e. The molecule has 2 unspecified atom stereocenters. The van der Waals surface area contributed by atoms with Crippen molar-refractivity contribution in [1.29, 1.82) is 0 Å². The number of halogens is 1. The number of nitrogens with two attached hydrogens (primary N) is 1. The molecule has 0 radical (unpaired) electrons. The Morgan fingerprint density at radius 3 is 2.94 bits per heavy atom. The van der Waals surface area contributed by atoms with E-state index in [4.69, 9.17) is 10.8 Å². The molecule has 2 rings (SSSR count). The van der Waals surface area contributed by atoms with E-state index in [1.807, 2.05) is 23.9 Å². The summed E-state index contributed by atoms with van der Waals surface area (Å²) >= 11 is 5.62. The minimum Gasteiger partial charge on any atom is -0.394 e. The summed E-state index contributed by atoms with van der Waals surface area (Å²) in [6.07, 6.45) is 1.26. The zero-order valence-electron chi connectivity index (χ0n) is 9.03. The van der Waals surface area contributed by atoms with Gasteiger partial charge in [-0.2, -0.15) is 11.8 Å². The standard InChI is InChI=1S/C12H16BrNOS/c13-11-5-8(12(14)6-15)1-2-10(11)9-3-4-16-7-9/h1-2,5,9,12,15H,3-4,6-7,14H2. The van der Waals surface area contributed by atoms with Crippen LogP contribution in [0.1, 0.15) is 29.5 Å². The van der Waals surface area contributed by atoms with E-state index in [1.54, 1.807) is 0 Å². The lowest BCUT2D eigenvalue weighted by Crippen LogP contribution is -2.14. The molecule has 2 atom stereocenters. The van der Waals surface area contributed by atoms with Crippen LogP contribution in [0.15, 0.2) is 22.7 Å². The van der Waals surface area contributed by atoms with Gasteiger partial charge >= 0.3 is 0 Å². The molecule has 1 fully saturated rings. The van der Waals surface area contributed by atoms with Crippen LogP contribution in [-0.4, -0.2) is 23.2 Å². The van der Waals surface area contributed by atoms with Crippen molar-refractivity contribution in [1.82, 2.24) is 0 Å². The molecule has 1 aliphatic heterocycles. The lowest BCUT2D eigenvalue weighted by atomic mass is 9.96. The molecular weight excluding hydrogens is 286 g/mol. The van der Waals surface area contributed by atoms with E-state index in [-0.39, 0.29) is 12.6 Å². The quantitative estimate of drug-likeness (QED) is 0.902. The third-order valence-electron chi connectivity index (χ3n) is 3.02. The molecule has 1 saturated heterocycles. The first-order chi connectivity index (χ1) is 7.72. The maximum absolute atomic E-state index is 9.02. The van der Waals surface area contributed by atoms with Crippen LogP contribution in [0.5, 0.6) is 0 Å². The lowest BCUT2D eigenvalue weighted by Gasteiger charge is -2.15. The number of benzene rings is 1. The zero-order chi connectivity index (χ0) is 11.5. The molecule has 88 valence electrons. The van der Waals surface area contributed by atoms with Crippen molar-refractivity contribution in [3.63, 3.8) is 0 Å². The van der Waals surface area contributed by atoms with Crippen LogP contribution in [0.2, 0.25) is 0 Å². The monoisotopic (exact) mass is 301 g/mol. The van der Waals surface area contributed by atoms with E-state index in [2.05, 4.69) is 22.0 Å². The van der Waals surface area contributed by atoms with Gasteiger partial charge in [0.05, 0.1) is 12.6 Å². The predicted molar refractivity (Wildman–Crippen MR) is 72.8 cm³/mol. The Hall–Kier alpha value is -0.0300. The van der Waals surface area contributed by atoms with Crippen LogP contribution in [0.25, 0.3) is 0 Å². The third-order valence-corrected chi connectivity index (χ3v) is 4.87. The number of aliphatic hydroxyl groups excluding tert-OH is 1. The van der Waals surface area contributed by atoms with Crippen LogP contribution >= 0.6 is 27.7 Å². The zero-order valence-corrected chi connectivity index (χ0v) is 11.4. The van der Waals surface area contributed by atoms with Gasteiger partial charge in [-0.25, -0.2) is 0 Å². The largest absolute Gasteiger partial charge is 0.394 e. The van der Waals surface area contributed by atoms with Crippen molar-refractivity contribution < 1.29 is 5.11 Å². The molecule has 0 amide bonds. The Kier molecular flexibility index (Phi) is 4.30. The smallest absolute Gasteiger partial charge is 0.0624 e. The molecule has 2 nitrogen and oxygen atoms in total. The molecule has 1 aromatic carbocycles. The number of rotatable bonds is 3. The van der Waals surface area contributed by atoms with Crippen molar-refractivity contribution in [2.75, 3.05) is 18.1 Å². The number of hydrogen-bond donors (Lipinski definition) is 2. The highest BCUT2D eigenvalue weighted by atomic mass is 79.9. The second-order valence-electron chi connectivity index (χ2n) is 4.13. The molecule has 0 aliphatic carbocycles. The Balaban J connectivity index is 2.22. The molecule has 1 aromatic rings. The fraction of sp³-hybridized carbons (Fsp3) is 0.500. The molecule has 3 N–H and O–H groups in total. The predicted octanol–water partition coefficient (Wildman–Crippen LogP) is 2.66. The van der Waals surface area contributed by atoms with Gasteiger partial charge in [-0.3, -0.25) is 0 Å². The molecular formula is C12H16BrNOS. The van der Waals surface area contributed by atoms with Crippen LogP contribution in [-0.2, 0) is 0 Å². The summed E-state index contributed by atoms with van der Waals surface area (Å²) in [7, 11) is 0. The van der Waals surface area contributed by atoms with Crippen molar-refractivity contribution in [3.05, 3.63) is 33.8 Å². The first kappa shape index (κ1) is 12.4. The summed E-state index contributed by atoms with van der Waals surface area (Å²) in [6.45, 7) is -0.00886. The summed E-state index contributed by atoms with van der Waals surface area (Å²) in [5.41, 5.74) is 8.16. The normalized spacial score (nSPS) is 22.3. The van der Waals surface area contributed by atoms with Crippen molar-refractivity contribution in [2.45, 2.75) is 18.4 Å². The second kappa shape index (κ2) is 5.54. The maximum atomic E-state index is 9.02. The van der Waals surface area contributed by atoms with Gasteiger partial charge in [0.1, 0.15) is 0 Å². The molecule has 1 aliphatic rings. The second-order valence-corrected chi connectivity index (χ2v) is 6.13. The number of hydrogen-bond acceptors (Lipinski definition) is 3.